The molecule has 11 heteroatoms. The van der Waals surface area contributed by atoms with E-state index in [0.29, 0.717) is 6.42 Å². The minimum atomic E-state index is -0.509. The van der Waals surface area contributed by atoms with Crippen LogP contribution in [0.2, 0.25) is 0 Å². The number of ketones is 1. The number of hydrogen-bond acceptors (Lipinski definition) is 9. The Morgan fingerprint density at radius 2 is 1.97 bits per heavy atom. The first-order chi connectivity index (χ1) is 17.1. The predicted octanol–water partition coefficient (Wildman–Crippen LogP) is 3.36. The van der Waals surface area contributed by atoms with Crippen LogP contribution in [0.3, 0.4) is 0 Å². The molecule has 1 heterocycles. The summed E-state index contributed by atoms with van der Waals surface area (Å²) < 4.78 is 10.8. The summed E-state index contributed by atoms with van der Waals surface area (Å²) in [6.45, 7) is 5.29. The fourth-order valence-electron chi connectivity index (χ4n) is 3.37. The summed E-state index contributed by atoms with van der Waals surface area (Å²) in [7, 11) is 1.40. The Morgan fingerprint density at radius 3 is 2.58 bits per heavy atom. The maximum Gasteiger partial charge on any atom is 0.243 e. The van der Waals surface area contributed by atoms with Crippen molar-refractivity contribution in [3.63, 3.8) is 0 Å². The van der Waals surface area contributed by atoms with Gasteiger partial charge in [-0.25, -0.2) is 0 Å². The summed E-state index contributed by atoms with van der Waals surface area (Å²) in [5, 5.41) is 5.04. The molecule has 1 N–H and O–H groups in total. The van der Waals surface area contributed by atoms with Crippen LogP contribution in [0.1, 0.15) is 50.4 Å². The Kier molecular flexibility index (Phi) is 10.7. The zero-order valence-corrected chi connectivity index (χ0v) is 21.5. The number of carbonyl (C=O) groups excluding carboxylic acids is 4. The van der Waals surface area contributed by atoms with Gasteiger partial charge in [-0.1, -0.05) is 5.92 Å². The van der Waals surface area contributed by atoms with Gasteiger partial charge in [0.15, 0.2) is 17.3 Å². The molecule has 1 unspecified atom stereocenters. The summed E-state index contributed by atoms with van der Waals surface area (Å²) in [5.74, 6) is 1.88. The van der Waals surface area contributed by atoms with Crippen molar-refractivity contribution < 1.29 is 28.7 Å². The quantitative estimate of drug-likeness (QED) is 0.139. The summed E-state index contributed by atoms with van der Waals surface area (Å²) in [6.07, 6.45) is 5.98. The third kappa shape index (κ3) is 7.42. The number of terminal acetylenes is 1. The highest BCUT2D eigenvalue weighted by Crippen LogP contribution is 2.35. The average molecular weight is 516 g/mol. The van der Waals surface area contributed by atoms with Gasteiger partial charge < -0.3 is 14.8 Å². The molecule has 0 radical (unpaired) electrons. The van der Waals surface area contributed by atoms with E-state index in [-0.39, 0.29) is 78.8 Å². The molecule has 10 nitrogen and oxygen atoms in total. The van der Waals surface area contributed by atoms with Crippen LogP contribution in [0, 0.1) is 17.3 Å². The topological polar surface area (TPSA) is 131 Å². The first-order valence-electron chi connectivity index (χ1n) is 11.2. The molecule has 1 saturated heterocycles. The summed E-state index contributed by atoms with van der Waals surface area (Å²) in [5.41, 5.74) is 0.796. The molecule has 0 aliphatic carbocycles. The maximum absolute atomic E-state index is 12.6. The number of rotatable bonds is 13. The van der Waals surface area contributed by atoms with Crippen LogP contribution >= 0.6 is 11.8 Å². The number of Topliss-reactive ketones (excluding diaryl/α,β-unsaturated/α-hetero) is 1. The lowest BCUT2D eigenvalue weighted by atomic mass is 10.1. The lowest BCUT2D eigenvalue weighted by molar-refractivity contribution is -0.138. The van der Waals surface area contributed by atoms with Crippen molar-refractivity contribution in [3.8, 4) is 23.8 Å². The van der Waals surface area contributed by atoms with Gasteiger partial charge in [0.05, 0.1) is 24.5 Å². The zero-order valence-electron chi connectivity index (χ0n) is 20.7. The van der Waals surface area contributed by atoms with Crippen molar-refractivity contribution in [1.29, 1.82) is 0 Å². The van der Waals surface area contributed by atoms with Gasteiger partial charge in [-0.05, 0) is 43.3 Å². The van der Waals surface area contributed by atoms with Crippen LogP contribution in [0.15, 0.2) is 27.8 Å². The van der Waals surface area contributed by atoms with Crippen molar-refractivity contribution in [3.05, 3.63) is 33.1 Å². The van der Waals surface area contributed by atoms with Gasteiger partial charge in [0.2, 0.25) is 17.7 Å². The number of methoxy groups -OCH3 is 1. The van der Waals surface area contributed by atoms with E-state index in [1.54, 1.807) is 6.92 Å². The molecule has 192 valence electrons. The Morgan fingerprint density at radius 1 is 1.25 bits per heavy atom. The summed E-state index contributed by atoms with van der Waals surface area (Å²) in [6, 6.07) is 2.71. The largest absolute Gasteiger partial charge is 0.493 e. The van der Waals surface area contributed by atoms with Crippen molar-refractivity contribution in [1.82, 2.24) is 10.2 Å². The second-order valence-corrected chi connectivity index (χ2v) is 9.41. The van der Waals surface area contributed by atoms with E-state index >= 15 is 0 Å². The second-order valence-electron chi connectivity index (χ2n) is 7.99. The Labute approximate surface area is 214 Å². The molecule has 1 aliphatic heterocycles. The van der Waals surface area contributed by atoms with E-state index in [0.717, 1.165) is 15.4 Å². The van der Waals surface area contributed by atoms with E-state index in [1.165, 1.54) is 37.9 Å². The number of allylic oxidation sites excluding steroid dienone is 2. The predicted molar refractivity (Wildman–Crippen MR) is 136 cm³/mol. The monoisotopic (exact) mass is 515 g/mol. The van der Waals surface area contributed by atoms with Crippen LogP contribution in [0.5, 0.6) is 11.5 Å². The van der Waals surface area contributed by atoms with Crippen molar-refractivity contribution in [2.24, 2.45) is 5.18 Å². The molecule has 36 heavy (non-hydrogen) atoms. The molecule has 3 amide bonds. The smallest absolute Gasteiger partial charge is 0.243 e. The highest BCUT2D eigenvalue weighted by Gasteiger charge is 2.38. The first-order valence-corrected chi connectivity index (χ1v) is 12.1. The number of amides is 3. The molecule has 0 saturated carbocycles. The van der Waals surface area contributed by atoms with Crippen LogP contribution in [-0.2, 0) is 14.4 Å². The molecule has 1 atom stereocenters. The number of nitrogens with one attached hydrogen (secondary N) is 1. The third-order valence-electron chi connectivity index (χ3n) is 5.49. The SMILES string of the molecule is C#C/C(C)=C(/C)SC1CC(=O)N(CCNC(=O)CCCOc2cc(N=O)c(C(C)=O)cc2OC)C1=O. The summed E-state index contributed by atoms with van der Waals surface area (Å²) >= 11 is 1.29. The lowest BCUT2D eigenvalue weighted by Gasteiger charge is -2.16. The zero-order chi connectivity index (χ0) is 26.8. The van der Waals surface area contributed by atoms with Crippen LogP contribution in [0.4, 0.5) is 5.69 Å². The summed E-state index contributed by atoms with van der Waals surface area (Å²) in [4.78, 5) is 61.6. The average Bonchev–Trinajstić information content (AvgIpc) is 3.12. The molecule has 1 aliphatic rings. The Balaban J connectivity index is 1.78. The number of benzene rings is 1. The molecule has 0 spiro atoms. The van der Waals surface area contributed by atoms with E-state index < -0.39 is 5.25 Å². The number of nitroso groups, excluding NO2 is 1. The molecule has 1 fully saturated rings. The molecule has 0 bridgehead atoms. The third-order valence-corrected chi connectivity index (χ3v) is 6.80. The molecule has 0 aromatic heterocycles. The first kappa shape index (κ1) is 28.6. The highest BCUT2D eigenvalue weighted by atomic mass is 32.2. The van der Waals surface area contributed by atoms with Crippen molar-refractivity contribution >= 4 is 41.0 Å². The van der Waals surface area contributed by atoms with Gasteiger partial charge in [-0.15, -0.1) is 23.1 Å². The number of nitrogens with zero attached hydrogens (tertiary/aromatic N) is 2. The van der Waals surface area contributed by atoms with E-state index in [9.17, 15) is 24.1 Å². The van der Waals surface area contributed by atoms with E-state index in [4.69, 9.17) is 15.9 Å². The van der Waals surface area contributed by atoms with E-state index in [1.807, 2.05) is 6.92 Å². The van der Waals surface area contributed by atoms with Gasteiger partial charge in [-0.3, -0.25) is 24.1 Å². The standard InChI is InChI=1S/C25H29N3O7S/c1-6-15(2)17(4)36-22-14-24(31)28(25(22)32)10-9-26-23(30)8-7-11-35-21-13-19(27-33)18(16(3)29)12-20(21)34-5/h1,12-13,22H,7-11,14H2,2-5H3,(H,26,30)/b17-15-. The maximum atomic E-state index is 12.6. The van der Waals surface area contributed by atoms with Crippen molar-refractivity contribution in [2.45, 2.75) is 45.3 Å². The second kappa shape index (κ2) is 13.4. The van der Waals surface area contributed by atoms with Crippen LogP contribution in [0.25, 0.3) is 0 Å². The van der Waals surface area contributed by atoms with Gasteiger partial charge >= 0.3 is 0 Å². The number of carbonyl (C=O) groups is 4. The molecule has 1 aromatic carbocycles. The van der Waals surface area contributed by atoms with Gasteiger partial charge in [-0.2, -0.15) is 0 Å². The molecule has 1 aromatic rings. The lowest BCUT2D eigenvalue weighted by Crippen LogP contribution is -2.38. The van der Waals surface area contributed by atoms with Crippen LogP contribution in [-0.4, -0.2) is 60.5 Å². The molecular weight excluding hydrogens is 486 g/mol. The van der Waals surface area contributed by atoms with E-state index in [2.05, 4.69) is 16.4 Å². The van der Waals surface area contributed by atoms with Crippen LogP contribution < -0.4 is 14.8 Å². The minimum Gasteiger partial charge on any atom is -0.493 e. The number of thioether (sulfide) groups is 1. The number of imide groups is 1. The molecular formula is C25H29N3O7S. The van der Waals surface area contributed by atoms with Gasteiger partial charge in [0.25, 0.3) is 0 Å². The fraction of sp³-hybridized carbons (Fsp3) is 0.440. The Bertz CT molecular complexity index is 1120. The fourth-order valence-corrected chi connectivity index (χ4v) is 4.49. The normalized spacial score (nSPS) is 15.8. The van der Waals surface area contributed by atoms with Gasteiger partial charge in [0, 0.05) is 37.6 Å². The van der Waals surface area contributed by atoms with Crippen molar-refractivity contribution in [2.75, 3.05) is 26.8 Å². The minimum absolute atomic E-state index is 0.0555. The highest BCUT2D eigenvalue weighted by molar-refractivity contribution is 8.04. The Hall–Kier alpha value is -3.65. The van der Waals surface area contributed by atoms with Gasteiger partial charge in [0.1, 0.15) is 5.69 Å². The number of ether oxygens (including phenoxy) is 2. The number of likely N-dealkylation sites (tertiary alicyclic amines) is 1. The molecule has 2 rings (SSSR count). The number of hydrogen-bond donors (Lipinski definition) is 1.